The van der Waals surface area contributed by atoms with Crippen LogP contribution in [-0.2, 0) is 14.8 Å². The minimum absolute atomic E-state index is 0.0879. The number of rotatable bonds is 5. The van der Waals surface area contributed by atoms with Gasteiger partial charge < -0.3 is 19.1 Å². The smallest absolute Gasteiger partial charge is 0.247 e. The van der Waals surface area contributed by atoms with E-state index < -0.39 is 10.0 Å². The zero-order valence-electron chi connectivity index (χ0n) is 15.8. The van der Waals surface area contributed by atoms with E-state index in [0.717, 1.165) is 5.82 Å². The van der Waals surface area contributed by atoms with Crippen LogP contribution >= 0.6 is 0 Å². The third kappa shape index (κ3) is 3.30. The number of ether oxygens (including phenoxy) is 3. The summed E-state index contributed by atoms with van der Waals surface area (Å²) in [7, 11) is -0.821. The van der Waals surface area contributed by atoms with E-state index in [1.165, 1.54) is 24.6 Å². The molecule has 3 heterocycles. The number of benzene rings is 1. The van der Waals surface area contributed by atoms with Crippen LogP contribution in [0.3, 0.4) is 0 Å². The van der Waals surface area contributed by atoms with Crippen LogP contribution in [0, 0.1) is 0 Å². The highest BCUT2D eigenvalue weighted by atomic mass is 32.2. The largest absolute Gasteiger partial charge is 0.497 e. The molecule has 0 N–H and O–H groups in total. The molecule has 0 radical (unpaired) electrons. The lowest BCUT2D eigenvalue weighted by molar-refractivity contribution is 0.0328. The third-order valence-corrected chi connectivity index (χ3v) is 7.05. The molecule has 2 aliphatic heterocycles. The molecule has 28 heavy (non-hydrogen) atoms. The Morgan fingerprint density at radius 3 is 2.71 bits per heavy atom. The lowest BCUT2D eigenvalue weighted by Crippen LogP contribution is -2.51. The van der Waals surface area contributed by atoms with E-state index in [-0.39, 0.29) is 29.3 Å². The summed E-state index contributed by atoms with van der Waals surface area (Å²) in [5.74, 6) is 1.58. The summed E-state index contributed by atoms with van der Waals surface area (Å²) in [5, 5.41) is 0. The van der Waals surface area contributed by atoms with Gasteiger partial charge in [0.15, 0.2) is 0 Å². The lowest BCUT2D eigenvalue weighted by Gasteiger charge is -2.37. The molecule has 4 rings (SSSR count). The topological polar surface area (TPSA) is 81.2 Å². The van der Waals surface area contributed by atoms with Crippen LogP contribution in [-0.4, -0.2) is 70.3 Å². The summed E-state index contributed by atoms with van der Waals surface area (Å²) in [6.45, 7) is 1.82. The van der Waals surface area contributed by atoms with Gasteiger partial charge in [0.25, 0.3) is 0 Å². The molecule has 0 aliphatic carbocycles. The number of fused-ring (bicyclic) bond motifs is 1. The molecule has 2 aliphatic rings. The molecule has 0 unspecified atom stereocenters. The maximum Gasteiger partial charge on any atom is 0.247 e. The van der Waals surface area contributed by atoms with Crippen molar-refractivity contribution in [2.24, 2.45) is 0 Å². The number of hydrogen-bond acceptors (Lipinski definition) is 7. The van der Waals surface area contributed by atoms with Crippen molar-refractivity contribution in [1.82, 2.24) is 9.29 Å². The monoisotopic (exact) mass is 405 g/mol. The van der Waals surface area contributed by atoms with Crippen LogP contribution in [0.4, 0.5) is 5.82 Å². The molecule has 9 heteroatoms. The highest BCUT2D eigenvalue weighted by Crippen LogP contribution is 2.34. The molecule has 0 bridgehead atoms. The Bertz CT molecular complexity index is 938. The maximum absolute atomic E-state index is 13.4. The van der Waals surface area contributed by atoms with Gasteiger partial charge in [0.2, 0.25) is 10.0 Å². The van der Waals surface area contributed by atoms with Crippen molar-refractivity contribution in [3.05, 3.63) is 42.6 Å². The quantitative estimate of drug-likeness (QED) is 0.743. The first-order valence-electron chi connectivity index (χ1n) is 9.06. The number of hydrogen-bond donors (Lipinski definition) is 0. The lowest BCUT2D eigenvalue weighted by atomic mass is 10.1. The Labute approximate surface area is 164 Å². The number of methoxy groups -OCH3 is 2. The fourth-order valence-corrected chi connectivity index (χ4v) is 5.42. The number of anilines is 1. The summed E-state index contributed by atoms with van der Waals surface area (Å²) in [5.41, 5.74) is 0. The van der Waals surface area contributed by atoms with Crippen molar-refractivity contribution in [2.45, 2.75) is 17.0 Å². The van der Waals surface area contributed by atoms with Gasteiger partial charge in [0.05, 0.1) is 33.0 Å². The molecule has 150 valence electrons. The second kappa shape index (κ2) is 7.57. The Morgan fingerprint density at radius 1 is 1.14 bits per heavy atom. The van der Waals surface area contributed by atoms with E-state index in [0.29, 0.717) is 25.4 Å². The molecule has 1 aromatic heterocycles. The van der Waals surface area contributed by atoms with Gasteiger partial charge in [0, 0.05) is 31.9 Å². The number of morpholine rings is 1. The normalized spacial score (nSPS) is 22.7. The molecular formula is C19H23N3O5S. The van der Waals surface area contributed by atoms with Crippen molar-refractivity contribution in [1.29, 1.82) is 0 Å². The number of pyridine rings is 1. The zero-order valence-corrected chi connectivity index (χ0v) is 16.6. The molecule has 2 atom stereocenters. The predicted octanol–water partition coefficient (Wildman–Crippen LogP) is 1.38. The molecule has 8 nitrogen and oxygen atoms in total. The minimum atomic E-state index is -3.78. The summed E-state index contributed by atoms with van der Waals surface area (Å²) < 4.78 is 44.6. The molecule has 0 saturated carbocycles. The Balaban J connectivity index is 1.64. The molecule has 0 amide bonds. The van der Waals surface area contributed by atoms with Gasteiger partial charge in [0.1, 0.15) is 22.2 Å². The van der Waals surface area contributed by atoms with E-state index in [2.05, 4.69) is 9.88 Å². The Hall–Kier alpha value is -2.36. The SMILES string of the molecule is COc1ccc(OC)c(S(=O)(=O)N2C[C@@H]3OCCN(c4ccccn4)[C@H]3C2)c1. The van der Waals surface area contributed by atoms with E-state index in [1.807, 2.05) is 18.2 Å². The highest BCUT2D eigenvalue weighted by molar-refractivity contribution is 7.89. The van der Waals surface area contributed by atoms with Gasteiger partial charge in [-0.05, 0) is 24.3 Å². The van der Waals surface area contributed by atoms with Crippen LogP contribution < -0.4 is 14.4 Å². The predicted molar refractivity (Wildman–Crippen MR) is 103 cm³/mol. The Morgan fingerprint density at radius 2 is 2.00 bits per heavy atom. The first-order valence-corrected chi connectivity index (χ1v) is 10.5. The second-order valence-corrected chi connectivity index (χ2v) is 8.60. The van der Waals surface area contributed by atoms with Gasteiger partial charge in [-0.2, -0.15) is 4.31 Å². The van der Waals surface area contributed by atoms with E-state index in [9.17, 15) is 8.42 Å². The minimum Gasteiger partial charge on any atom is -0.497 e. The summed E-state index contributed by atoms with van der Waals surface area (Å²) in [6.07, 6.45) is 1.53. The third-order valence-electron chi connectivity index (χ3n) is 5.20. The van der Waals surface area contributed by atoms with Crippen molar-refractivity contribution < 1.29 is 22.6 Å². The van der Waals surface area contributed by atoms with Crippen molar-refractivity contribution in [3.8, 4) is 11.5 Å². The van der Waals surface area contributed by atoms with Crippen LogP contribution in [0.2, 0.25) is 0 Å². The standard InChI is InChI=1S/C19H23N3O5S/c1-25-14-6-7-16(26-2)18(11-14)28(23,24)21-12-15-17(13-21)27-10-9-22(15)19-5-3-4-8-20-19/h3-8,11,15,17H,9-10,12-13H2,1-2H3/t15-,17-/m0/s1. The fraction of sp³-hybridized carbons (Fsp3) is 0.421. The average molecular weight is 405 g/mol. The van der Waals surface area contributed by atoms with Crippen LogP contribution in [0.1, 0.15) is 0 Å². The first-order chi connectivity index (χ1) is 13.5. The van der Waals surface area contributed by atoms with Gasteiger partial charge in [-0.25, -0.2) is 13.4 Å². The summed E-state index contributed by atoms with van der Waals surface area (Å²) in [6, 6.07) is 10.4. The van der Waals surface area contributed by atoms with Crippen LogP contribution in [0.15, 0.2) is 47.5 Å². The van der Waals surface area contributed by atoms with E-state index >= 15 is 0 Å². The molecular weight excluding hydrogens is 382 g/mol. The summed E-state index contributed by atoms with van der Waals surface area (Å²) >= 11 is 0. The fourth-order valence-electron chi connectivity index (χ4n) is 3.78. The van der Waals surface area contributed by atoms with Gasteiger partial charge in [-0.1, -0.05) is 6.07 Å². The molecule has 2 fully saturated rings. The van der Waals surface area contributed by atoms with Gasteiger partial charge >= 0.3 is 0 Å². The average Bonchev–Trinajstić information content (AvgIpc) is 3.19. The van der Waals surface area contributed by atoms with Crippen molar-refractivity contribution >= 4 is 15.8 Å². The molecule has 2 saturated heterocycles. The maximum atomic E-state index is 13.4. The van der Waals surface area contributed by atoms with E-state index in [4.69, 9.17) is 14.2 Å². The molecule has 2 aromatic rings. The Kier molecular flexibility index (Phi) is 5.13. The van der Waals surface area contributed by atoms with E-state index in [1.54, 1.807) is 18.3 Å². The second-order valence-electron chi connectivity index (χ2n) is 6.70. The van der Waals surface area contributed by atoms with Crippen molar-refractivity contribution in [2.75, 3.05) is 45.4 Å². The molecule has 1 aromatic carbocycles. The summed E-state index contributed by atoms with van der Waals surface area (Å²) in [4.78, 5) is 6.65. The van der Waals surface area contributed by atoms with Gasteiger partial charge in [-0.3, -0.25) is 0 Å². The first kappa shape index (κ1) is 19.0. The van der Waals surface area contributed by atoms with Gasteiger partial charge in [-0.15, -0.1) is 0 Å². The van der Waals surface area contributed by atoms with Crippen LogP contribution in [0.25, 0.3) is 0 Å². The zero-order chi connectivity index (χ0) is 19.7. The number of nitrogens with zero attached hydrogens (tertiary/aromatic N) is 3. The van der Waals surface area contributed by atoms with Crippen LogP contribution in [0.5, 0.6) is 11.5 Å². The number of aromatic nitrogens is 1. The molecule has 0 spiro atoms. The van der Waals surface area contributed by atoms with Crippen molar-refractivity contribution in [3.63, 3.8) is 0 Å². The highest BCUT2D eigenvalue weighted by Gasteiger charge is 2.45. The number of sulfonamides is 1.